The van der Waals surface area contributed by atoms with Gasteiger partial charge in [-0.2, -0.15) is 0 Å². The Kier molecular flexibility index (Phi) is 19.4. The van der Waals surface area contributed by atoms with Crippen LogP contribution in [-0.4, -0.2) is 151 Å². The normalized spacial score (nSPS) is 14.7. The molecular weight excluding hydrogens is 590 g/mol. The summed E-state index contributed by atoms with van der Waals surface area (Å²) in [6.45, 7) is 4.52. The molecule has 17 heteroatoms. The van der Waals surface area contributed by atoms with Gasteiger partial charge in [0.1, 0.15) is 6.61 Å². The Balaban J connectivity index is 1.21. The van der Waals surface area contributed by atoms with Crippen LogP contribution in [0.15, 0.2) is 12.2 Å². The average Bonchev–Trinajstić information content (AvgIpc) is 3.50. The number of carbonyl (C=O) groups is 6. The maximum atomic E-state index is 11.8. The third kappa shape index (κ3) is 16.5. The first-order valence-electron chi connectivity index (χ1n) is 14.3. The molecule has 0 aliphatic carbocycles. The van der Waals surface area contributed by atoms with Gasteiger partial charge in [0.15, 0.2) is 0 Å². The summed E-state index contributed by atoms with van der Waals surface area (Å²) < 4.78 is 37.3. The van der Waals surface area contributed by atoms with Gasteiger partial charge in [-0.25, -0.2) is 4.79 Å². The number of ether oxygens (including phenoxy) is 7. The number of rotatable bonds is 27. The monoisotopic (exact) mass is 631 g/mol. The fourth-order valence-electron chi connectivity index (χ4n) is 3.48. The highest BCUT2D eigenvalue weighted by Crippen LogP contribution is 2.12. The van der Waals surface area contributed by atoms with E-state index in [1.807, 2.05) is 0 Å². The van der Waals surface area contributed by atoms with E-state index >= 15 is 0 Å². The second-order valence-corrected chi connectivity index (χ2v) is 9.03. The Labute approximate surface area is 254 Å². The van der Waals surface area contributed by atoms with Crippen molar-refractivity contribution in [2.75, 3.05) is 106 Å². The van der Waals surface area contributed by atoms with Crippen molar-refractivity contribution in [3.05, 3.63) is 12.2 Å². The molecule has 2 heterocycles. The quantitative estimate of drug-likeness (QED) is 0.0783. The third-order valence-corrected chi connectivity index (χ3v) is 5.68. The van der Waals surface area contributed by atoms with E-state index in [2.05, 4.69) is 10.2 Å². The molecule has 1 saturated heterocycles. The lowest BCUT2D eigenvalue weighted by Crippen LogP contribution is -2.35. The zero-order valence-corrected chi connectivity index (χ0v) is 24.7. The molecule has 0 spiro atoms. The maximum Gasteiger partial charge on any atom is 0.358 e. The van der Waals surface area contributed by atoms with Gasteiger partial charge in [-0.3, -0.25) is 28.9 Å². The van der Waals surface area contributed by atoms with Gasteiger partial charge in [-0.15, -0.1) is 5.06 Å². The summed E-state index contributed by atoms with van der Waals surface area (Å²) in [7, 11) is 0. The van der Waals surface area contributed by atoms with E-state index in [0.717, 1.165) is 4.90 Å². The summed E-state index contributed by atoms with van der Waals surface area (Å²) in [5, 5.41) is 3.13. The molecule has 0 bridgehead atoms. The van der Waals surface area contributed by atoms with Crippen LogP contribution >= 0.6 is 0 Å². The minimum Gasteiger partial charge on any atom is -0.377 e. The van der Waals surface area contributed by atoms with E-state index in [-0.39, 0.29) is 44.9 Å². The van der Waals surface area contributed by atoms with Crippen LogP contribution in [0.3, 0.4) is 0 Å². The first-order chi connectivity index (χ1) is 21.4. The van der Waals surface area contributed by atoms with Crippen LogP contribution in [0.5, 0.6) is 0 Å². The summed E-state index contributed by atoms with van der Waals surface area (Å²) in [5.74, 6) is -3.01. The fraction of sp³-hybridized carbons (Fsp3) is 0.704. The summed E-state index contributed by atoms with van der Waals surface area (Å²) in [6, 6.07) is 0. The van der Waals surface area contributed by atoms with Crippen LogP contribution in [0.25, 0.3) is 0 Å². The Morgan fingerprint density at radius 1 is 0.614 bits per heavy atom. The summed E-state index contributed by atoms with van der Waals surface area (Å²) in [6.07, 6.45) is 2.47. The van der Waals surface area contributed by atoms with Crippen molar-refractivity contribution in [2.45, 2.75) is 19.3 Å². The van der Waals surface area contributed by atoms with Gasteiger partial charge >= 0.3 is 5.97 Å². The molecule has 1 fully saturated rings. The van der Waals surface area contributed by atoms with Crippen LogP contribution in [0.2, 0.25) is 0 Å². The molecule has 0 atom stereocenters. The molecule has 2 aliphatic heterocycles. The van der Waals surface area contributed by atoms with E-state index in [1.165, 1.54) is 12.2 Å². The molecule has 248 valence electrons. The molecule has 44 heavy (non-hydrogen) atoms. The van der Waals surface area contributed by atoms with Gasteiger partial charge in [0, 0.05) is 44.5 Å². The van der Waals surface area contributed by atoms with Gasteiger partial charge in [-0.1, -0.05) is 0 Å². The topological polar surface area (TPSA) is 195 Å². The molecule has 5 amide bonds. The first-order valence-corrected chi connectivity index (χ1v) is 14.3. The molecule has 2 rings (SSSR count). The summed E-state index contributed by atoms with van der Waals surface area (Å²) >= 11 is 0. The second kappa shape index (κ2) is 23.1. The minimum absolute atomic E-state index is 0.0329. The van der Waals surface area contributed by atoms with Crippen molar-refractivity contribution in [1.82, 2.24) is 15.3 Å². The number of nitrogens with one attached hydrogen (secondary N) is 1. The molecule has 1 N–H and O–H groups in total. The molecule has 2 aliphatic rings. The Hall–Kier alpha value is -3.32. The summed E-state index contributed by atoms with van der Waals surface area (Å²) in [4.78, 5) is 74.6. The van der Waals surface area contributed by atoms with Crippen molar-refractivity contribution < 1.29 is 66.8 Å². The van der Waals surface area contributed by atoms with Crippen LogP contribution < -0.4 is 5.32 Å². The van der Waals surface area contributed by atoms with Crippen molar-refractivity contribution in [2.24, 2.45) is 0 Å². The Bertz CT molecular complexity index is 926. The number of hydrogen-bond donors (Lipinski definition) is 1. The summed E-state index contributed by atoms with van der Waals surface area (Å²) in [5.41, 5.74) is 0. The molecule has 0 aromatic heterocycles. The van der Waals surface area contributed by atoms with Crippen molar-refractivity contribution in [3.8, 4) is 0 Å². The third-order valence-electron chi connectivity index (χ3n) is 5.68. The molecule has 0 aromatic rings. The second-order valence-electron chi connectivity index (χ2n) is 9.03. The van der Waals surface area contributed by atoms with Crippen LogP contribution in [0, 0.1) is 0 Å². The number of carbonyl (C=O) groups excluding carboxylic acids is 6. The predicted octanol–water partition coefficient (Wildman–Crippen LogP) is -1.86. The molecule has 17 nitrogen and oxygen atoms in total. The van der Waals surface area contributed by atoms with E-state index in [1.54, 1.807) is 0 Å². The molecule has 0 unspecified atom stereocenters. The zero-order chi connectivity index (χ0) is 31.8. The molecule has 0 saturated carbocycles. The standard InChI is InChI=1S/C27H41N3O14/c31-22(5-7-29-23(32)1-2-24(29)33)28-6-8-37-9-10-38-11-12-39-13-14-40-15-16-41-17-18-42-19-20-43-21-27(36)44-30-25(34)3-4-26(30)35/h1-2H,3-21H2,(H,28,31). The molecule has 0 radical (unpaired) electrons. The van der Waals surface area contributed by atoms with Crippen molar-refractivity contribution >= 4 is 35.5 Å². The number of imide groups is 2. The number of hydrogen-bond acceptors (Lipinski definition) is 14. The number of nitrogens with zero attached hydrogens (tertiary/aromatic N) is 2. The van der Waals surface area contributed by atoms with Crippen molar-refractivity contribution in [3.63, 3.8) is 0 Å². The predicted molar refractivity (Wildman–Crippen MR) is 146 cm³/mol. The first kappa shape index (κ1) is 36.9. The van der Waals surface area contributed by atoms with E-state index in [4.69, 9.17) is 33.2 Å². The number of hydroxylamine groups is 2. The van der Waals surface area contributed by atoms with Gasteiger partial charge in [0.05, 0.1) is 85.9 Å². The Morgan fingerprint density at radius 2 is 1.02 bits per heavy atom. The van der Waals surface area contributed by atoms with Crippen LogP contribution in [0.4, 0.5) is 0 Å². The van der Waals surface area contributed by atoms with Gasteiger partial charge in [-0.05, 0) is 0 Å². The highest BCUT2D eigenvalue weighted by molar-refractivity contribution is 6.13. The van der Waals surface area contributed by atoms with E-state index in [0.29, 0.717) is 84.3 Å². The number of amides is 5. The smallest absolute Gasteiger partial charge is 0.358 e. The lowest BCUT2D eigenvalue weighted by atomic mass is 10.3. The average molecular weight is 632 g/mol. The lowest BCUT2D eigenvalue weighted by molar-refractivity contribution is -0.200. The largest absolute Gasteiger partial charge is 0.377 e. The van der Waals surface area contributed by atoms with Gasteiger partial charge in [0.25, 0.3) is 23.6 Å². The maximum absolute atomic E-state index is 11.8. The van der Waals surface area contributed by atoms with Crippen molar-refractivity contribution in [1.29, 1.82) is 0 Å². The zero-order valence-electron chi connectivity index (χ0n) is 24.7. The van der Waals surface area contributed by atoms with E-state index in [9.17, 15) is 28.8 Å². The highest BCUT2D eigenvalue weighted by atomic mass is 16.7. The van der Waals surface area contributed by atoms with Crippen LogP contribution in [-0.2, 0) is 66.8 Å². The molecular formula is C27H41N3O14. The lowest BCUT2D eigenvalue weighted by Gasteiger charge is -2.13. The van der Waals surface area contributed by atoms with Crippen LogP contribution in [0.1, 0.15) is 19.3 Å². The van der Waals surface area contributed by atoms with Gasteiger partial charge in [0.2, 0.25) is 5.91 Å². The SMILES string of the molecule is O=C(CCN1C(=O)C=CC1=O)NCCOCCOCCOCCOCCOCCOCCOCC(=O)ON1C(=O)CCC1=O. The van der Waals surface area contributed by atoms with E-state index < -0.39 is 36.2 Å². The van der Waals surface area contributed by atoms with Gasteiger partial charge < -0.3 is 43.3 Å². The highest BCUT2D eigenvalue weighted by Gasteiger charge is 2.32. The molecule has 0 aromatic carbocycles. The Morgan fingerprint density at radius 3 is 1.48 bits per heavy atom. The minimum atomic E-state index is -0.833. The fourth-order valence-corrected chi connectivity index (χ4v) is 3.48.